The fourth-order valence-electron chi connectivity index (χ4n) is 3.02. The van der Waals surface area contributed by atoms with Crippen LogP contribution in [0.15, 0.2) is 23.2 Å². The number of likely N-dealkylation sites (tertiary alicyclic amines) is 1. The summed E-state index contributed by atoms with van der Waals surface area (Å²) in [6.07, 6.45) is 3.51. The molecular formula is C18H30N4O. The number of aryl methyl sites for hydroxylation is 1. The summed E-state index contributed by atoms with van der Waals surface area (Å²) in [5.74, 6) is 1.83. The smallest absolute Gasteiger partial charge is 0.191 e. The molecule has 0 bridgehead atoms. The molecule has 128 valence electrons. The van der Waals surface area contributed by atoms with E-state index in [2.05, 4.69) is 52.7 Å². The lowest BCUT2D eigenvalue weighted by molar-refractivity contribution is 0.309. The van der Waals surface area contributed by atoms with E-state index >= 15 is 0 Å². The van der Waals surface area contributed by atoms with Gasteiger partial charge >= 0.3 is 0 Å². The van der Waals surface area contributed by atoms with Crippen molar-refractivity contribution in [1.82, 2.24) is 15.5 Å². The van der Waals surface area contributed by atoms with Gasteiger partial charge in [0.1, 0.15) is 5.75 Å². The van der Waals surface area contributed by atoms with Crippen LogP contribution in [0.25, 0.3) is 0 Å². The van der Waals surface area contributed by atoms with Crippen LogP contribution in [0.4, 0.5) is 0 Å². The molecule has 0 spiro atoms. The number of nitrogens with one attached hydrogen (secondary N) is 2. The Morgan fingerprint density at radius 1 is 1.39 bits per heavy atom. The molecule has 2 N–H and O–H groups in total. The number of rotatable bonds is 6. The predicted octanol–water partition coefficient (Wildman–Crippen LogP) is 1.81. The Morgan fingerprint density at radius 3 is 2.87 bits per heavy atom. The number of hydrogen-bond donors (Lipinski definition) is 2. The molecule has 0 saturated carbocycles. The number of guanidine groups is 1. The van der Waals surface area contributed by atoms with E-state index in [9.17, 15) is 0 Å². The number of ether oxygens (including phenoxy) is 1. The average Bonchev–Trinajstić information content (AvgIpc) is 2.97. The monoisotopic (exact) mass is 318 g/mol. The SMILES string of the molecule is CN=C(NCCc1ccc(C)c(OC)c1)NCC1CCCN1C. The molecule has 1 aliphatic rings. The lowest BCUT2D eigenvalue weighted by Gasteiger charge is -2.21. The zero-order valence-corrected chi connectivity index (χ0v) is 14.9. The molecule has 2 rings (SSSR count). The highest BCUT2D eigenvalue weighted by atomic mass is 16.5. The molecule has 5 nitrogen and oxygen atoms in total. The van der Waals surface area contributed by atoms with Crippen molar-refractivity contribution in [2.75, 3.05) is 40.8 Å². The van der Waals surface area contributed by atoms with Crippen molar-refractivity contribution >= 4 is 5.96 Å². The minimum atomic E-state index is 0.620. The van der Waals surface area contributed by atoms with Gasteiger partial charge in [0.2, 0.25) is 0 Å². The maximum atomic E-state index is 5.38. The molecule has 0 amide bonds. The molecule has 0 aromatic heterocycles. The summed E-state index contributed by atoms with van der Waals surface area (Å²) in [4.78, 5) is 6.72. The maximum absolute atomic E-state index is 5.38. The van der Waals surface area contributed by atoms with E-state index in [-0.39, 0.29) is 0 Å². The van der Waals surface area contributed by atoms with Gasteiger partial charge in [-0.05, 0) is 57.0 Å². The van der Waals surface area contributed by atoms with Crippen LogP contribution in [0.3, 0.4) is 0 Å². The molecule has 1 heterocycles. The van der Waals surface area contributed by atoms with Crippen molar-refractivity contribution in [3.63, 3.8) is 0 Å². The van der Waals surface area contributed by atoms with Crippen molar-refractivity contribution < 1.29 is 4.74 Å². The predicted molar refractivity (Wildman–Crippen MR) is 96.5 cm³/mol. The highest BCUT2D eigenvalue weighted by Gasteiger charge is 2.20. The molecule has 1 aromatic rings. The average molecular weight is 318 g/mol. The van der Waals surface area contributed by atoms with Crippen molar-refractivity contribution in [3.8, 4) is 5.75 Å². The van der Waals surface area contributed by atoms with Gasteiger partial charge in [-0.2, -0.15) is 0 Å². The van der Waals surface area contributed by atoms with Crippen LogP contribution < -0.4 is 15.4 Å². The number of methoxy groups -OCH3 is 1. The van der Waals surface area contributed by atoms with E-state index in [1.165, 1.54) is 30.5 Å². The number of aliphatic imine (C=N–C) groups is 1. The Labute approximate surface area is 140 Å². The van der Waals surface area contributed by atoms with Crippen molar-refractivity contribution in [3.05, 3.63) is 29.3 Å². The first-order chi connectivity index (χ1) is 11.1. The van der Waals surface area contributed by atoms with E-state index in [0.29, 0.717) is 6.04 Å². The van der Waals surface area contributed by atoms with Crippen molar-refractivity contribution in [2.24, 2.45) is 4.99 Å². The molecule has 1 fully saturated rings. The Kier molecular flexibility index (Phi) is 6.71. The van der Waals surface area contributed by atoms with Gasteiger partial charge in [-0.15, -0.1) is 0 Å². The normalized spacial score (nSPS) is 19.0. The second-order valence-corrected chi connectivity index (χ2v) is 6.21. The summed E-state index contributed by atoms with van der Waals surface area (Å²) in [6, 6.07) is 7.00. The number of hydrogen-bond acceptors (Lipinski definition) is 3. The molecule has 1 unspecified atom stereocenters. The third-order valence-corrected chi connectivity index (χ3v) is 4.58. The molecular weight excluding hydrogens is 288 g/mol. The molecule has 5 heteroatoms. The fourth-order valence-corrected chi connectivity index (χ4v) is 3.02. The van der Waals surface area contributed by atoms with Crippen molar-refractivity contribution in [1.29, 1.82) is 0 Å². The Bertz CT molecular complexity index is 530. The summed E-state index contributed by atoms with van der Waals surface area (Å²) in [7, 11) is 5.74. The summed E-state index contributed by atoms with van der Waals surface area (Å²) in [5, 5.41) is 6.82. The van der Waals surface area contributed by atoms with Gasteiger partial charge in [0.25, 0.3) is 0 Å². The molecule has 1 saturated heterocycles. The first-order valence-corrected chi connectivity index (χ1v) is 8.42. The minimum absolute atomic E-state index is 0.620. The molecule has 1 aromatic carbocycles. The summed E-state index contributed by atoms with van der Waals surface area (Å²) in [5.41, 5.74) is 2.44. The first-order valence-electron chi connectivity index (χ1n) is 8.42. The third kappa shape index (κ3) is 5.13. The van der Waals surface area contributed by atoms with Gasteiger partial charge in [0, 0.05) is 26.2 Å². The number of benzene rings is 1. The maximum Gasteiger partial charge on any atom is 0.191 e. The lowest BCUT2D eigenvalue weighted by Crippen LogP contribution is -2.44. The van der Waals surface area contributed by atoms with Crippen LogP contribution in [0.1, 0.15) is 24.0 Å². The molecule has 23 heavy (non-hydrogen) atoms. The van der Waals surface area contributed by atoms with Crippen molar-refractivity contribution in [2.45, 2.75) is 32.2 Å². The van der Waals surface area contributed by atoms with Gasteiger partial charge < -0.3 is 20.3 Å². The minimum Gasteiger partial charge on any atom is -0.496 e. The van der Waals surface area contributed by atoms with Crippen LogP contribution in [0, 0.1) is 6.92 Å². The van der Waals surface area contributed by atoms with E-state index in [4.69, 9.17) is 4.74 Å². The molecule has 1 atom stereocenters. The molecule has 1 aliphatic heterocycles. The third-order valence-electron chi connectivity index (χ3n) is 4.58. The first kappa shape index (κ1) is 17.6. The Balaban J connectivity index is 1.75. The second-order valence-electron chi connectivity index (χ2n) is 6.21. The standard InChI is InChI=1S/C18H30N4O/c1-14-7-8-15(12-17(14)23-4)9-10-20-18(19-2)21-13-16-6-5-11-22(16)3/h7-8,12,16H,5-6,9-11,13H2,1-4H3,(H2,19,20,21). The highest BCUT2D eigenvalue weighted by molar-refractivity contribution is 5.79. The highest BCUT2D eigenvalue weighted by Crippen LogP contribution is 2.19. The van der Waals surface area contributed by atoms with Crippen LogP contribution in [-0.4, -0.2) is 57.7 Å². The van der Waals surface area contributed by atoms with E-state index in [1.54, 1.807) is 7.11 Å². The number of nitrogens with zero attached hydrogens (tertiary/aromatic N) is 2. The van der Waals surface area contributed by atoms with E-state index < -0.39 is 0 Å². The lowest BCUT2D eigenvalue weighted by atomic mass is 10.1. The second kappa shape index (κ2) is 8.77. The zero-order chi connectivity index (χ0) is 16.7. The zero-order valence-electron chi connectivity index (χ0n) is 14.9. The molecule has 0 aliphatic carbocycles. The van der Waals surface area contributed by atoms with Crippen LogP contribution in [0.5, 0.6) is 5.75 Å². The van der Waals surface area contributed by atoms with E-state index in [0.717, 1.165) is 31.2 Å². The van der Waals surface area contributed by atoms with Crippen LogP contribution in [0.2, 0.25) is 0 Å². The summed E-state index contributed by atoms with van der Waals surface area (Å²) >= 11 is 0. The largest absolute Gasteiger partial charge is 0.496 e. The van der Waals surface area contributed by atoms with E-state index in [1.807, 2.05) is 7.05 Å². The van der Waals surface area contributed by atoms with Gasteiger partial charge in [-0.25, -0.2) is 0 Å². The van der Waals surface area contributed by atoms with Gasteiger partial charge in [0.15, 0.2) is 5.96 Å². The Hall–Kier alpha value is -1.75. The van der Waals surface area contributed by atoms with Crippen LogP contribution >= 0.6 is 0 Å². The molecule has 0 radical (unpaired) electrons. The topological polar surface area (TPSA) is 48.9 Å². The fraction of sp³-hybridized carbons (Fsp3) is 0.611. The summed E-state index contributed by atoms with van der Waals surface area (Å²) < 4.78 is 5.38. The van der Waals surface area contributed by atoms with Gasteiger partial charge in [0.05, 0.1) is 7.11 Å². The Morgan fingerprint density at radius 2 is 2.22 bits per heavy atom. The number of likely N-dealkylation sites (N-methyl/N-ethyl adjacent to an activating group) is 1. The quantitative estimate of drug-likeness (QED) is 0.620. The summed E-state index contributed by atoms with van der Waals surface area (Å²) in [6.45, 7) is 5.07. The van der Waals surface area contributed by atoms with Gasteiger partial charge in [-0.3, -0.25) is 4.99 Å². The van der Waals surface area contributed by atoms with Gasteiger partial charge in [-0.1, -0.05) is 12.1 Å². The van der Waals surface area contributed by atoms with Crippen LogP contribution in [-0.2, 0) is 6.42 Å².